The van der Waals surface area contributed by atoms with E-state index in [-0.39, 0.29) is 11.9 Å². The zero-order valence-electron chi connectivity index (χ0n) is 11.4. The number of hydrogen-bond donors (Lipinski definition) is 0. The van der Waals surface area contributed by atoms with Crippen LogP contribution in [-0.4, -0.2) is 12.3 Å². The van der Waals surface area contributed by atoms with E-state index in [2.05, 4.69) is 6.92 Å². The molecule has 1 aliphatic carbocycles. The highest BCUT2D eigenvalue weighted by molar-refractivity contribution is 5.94. The van der Waals surface area contributed by atoms with Gasteiger partial charge in [0.05, 0.1) is 0 Å². The Morgan fingerprint density at radius 2 is 2.00 bits per heavy atom. The van der Waals surface area contributed by atoms with Gasteiger partial charge in [0.25, 0.3) is 6.47 Å². The molecule has 0 spiro atoms. The predicted molar refractivity (Wildman–Crippen MR) is 70.7 cm³/mol. The maximum atomic E-state index is 11.3. The van der Waals surface area contributed by atoms with E-state index in [0.717, 1.165) is 12.0 Å². The summed E-state index contributed by atoms with van der Waals surface area (Å²) in [5.41, 5.74) is 2.83. The molecule has 98 valence electrons. The van der Waals surface area contributed by atoms with Crippen LogP contribution in [-0.2, 0) is 9.53 Å². The molecule has 0 heterocycles. The second-order valence-electron chi connectivity index (χ2n) is 4.26. The van der Waals surface area contributed by atoms with Crippen LogP contribution >= 0.6 is 0 Å². The van der Waals surface area contributed by atoms with Gasteiger partial charge in [-0.1, -0.05) is 32.9 Å². The van der Waals surface area contributed by atoms with E-state index < -0.39 is 0 Å². The van der Waals surface area contributed by atoms with Crippen LogP contribution in [0.1, 0.15) is 67.6 Å². The molecule has 2 rings (SSSR count). The van der Waals surface area contributed by atoms with Gasteiger partial charge in [0.1, 0.15) is 6.10 Å². The third kappa shape index (κ3) is 2.78. The van der Waals surface area contributed by atoms with Crippen LogP contribution in [0.3, 0.4) is 0 Å². The molecule has 3 nitrogen and oxygen atoms in total. The summed E-state index contributed by atoms with van der Waals surface area (Å²) >= 11 is 0. The van der Waals surface area contributed by atoms with Crippen LogP contribution in [0.4, 0.5) is 0 Å². The van der Waals surface area contributed by atoms with Crippen molar-refractivity contribution in [1.29, 1.82) is 0 Å². The number of benzene rings is 1. The van der Waals surface area contributed by atoms with Crippen molar-refractivity contribution < 1.29 is 14.3 Å². The van der Waals surface area contributed by atoms with E-state index in [0.29, 0.717) is 18.0 Å². The number of ether oxygens (including phenoxy) is 1. The van der Waals surface area contributed by atoms with Gasteiger partial charge in [-0.25, -0.2) is 0 Å². The van der Waals surface area contributed by atoms with Crippen molar-refractivity contribution in [3.8, 4) is 0 Å². The first kappa shape index (κ1) is 14.4. The first-order valence-corrected chi connectivity index (χ1v) is 6.37. The highest BCUT2D eigenvalue weighted by Gasteiger charge is 2.29. The Morgan fingerprint density at radius 1 is 1.33 bits per heavy atom. The number of carbonyl (C=O) groups is 2. The fourth-order valence-electron chi connectivity index (χ4n) is 2.29. The lowest BCUT2D eigenvalue weighted by molar-refractivity contribution is -0.133. The summed E-state index contributed by atoms with van der Waals surface area (Å²) in [5.74, 6) is 0.410. The molecular weight excluding hydrogens is 228 g/mol. The molecule has 0 aromatic heterocycles. The van der Waals surface area contributed by atoms with Crippen LogP contribution in [0.25, 0.3) is 0 Å². The first-order chi connectivity index (χ1) is 8.63. The first-order valence-electron chi connectivity index (χ1n) is 6.37. The van der Waals surface area contributed by atoms with E-state index >= 15 is 0 Å². The fourth-order valence-corrected chi connectivity index (χ4v) is 2.29. The quantitative estimate of drug-likeness (QED) is 0.606. The molecule has 0 aliphatic heterocycles. The summed E-state index contributed by atoms with van der Waals surface area (Å²) in [6.07, 6.45) is 0.608. The minimum Gasteiger partial charge on any atom is -0.460 e. The van der Waals surface area contributed by atoms with Crippen molar-refractivity contribution >= 4 is 12.3 Å². The van der Waals surface area contributed by atoms with Gasteiger partial charge in [-0.3, -0.25) is 9.59 Å². The maximum Gasteiger partial charge on any atom is 0.293 e. The lowest BCUT2D eigenvalue weighted by Gasteiger charge is -2.09. The van der Waals surface area contributed by atoms with E-state index in [4.69, 9.17) is 4.74 Å². The molecule has 0 bridgehead atoms. The van der Waals surface area contributed by atoms with Gasteiger partial charge in [-0.15, -0.1) is 0 Å². The average molecular weight is 248 g/mol. The maximum absolute atomic E-state index is 11.3. The third-order valence-corrected chi connectivity index (χ3v) is 3.16. The second kappa shape index (κ2) is 6.34. The number of fused-ring (bicyclic) bond motifs is 1. The van der Waals surface area contributed by atoms with Crippen molar-refractivity contribution in [3.63, 3.8) is 0 Å². The molecule has 2 unspecified atom stereocenters. The van der Waals surface area contributed by atoms with E-state index in [1.54, 1.807) is 0 Å². The zero-order valence-corrected chi connectivity index (χ0v) is 11.4. The molecule has 18 heavy (non-hydrogen) atoms. The second-order valence-corrected chi connectivity index (χ2v) is 4.26. The summed E-state index contributed by atoms with van der Waals surface area (Å²) in [6, 6.07) is 5.64. The summed E-state index contributed by atoms with van der Waals surface area (Å²) in [7, 11) is 0. The van der Waals surface area contributed by atoms with E-state index in [1.807, 2.05) is 32.0 Å². The molecule has 2 atom stereocenters. The SMILES string of the molecule is CC.CC(=O)c1ccc2c(c1)C(OC=O)CC2C. The fraction of sp³-hybridized carbons (Fsp3) is 0.467. The van der Waals surface area contributed by atoms with E-state index in [1.165, 1.54) is 12.5 Å². The van der Waals surface area contributed by atoms with Crippen molar-refractivity contribution in [2.45, 2.75) is 46.1 Å². The third-order valence-electron chi connectivity index (χ3n) is 3.16. The van der Waals surface area contributed by atoms with Crippen molar-refractivity contribution in [3.05, 3.63) is 34.9 Å². The summed E-state index contributed by atoms with van der Waals surface area (Å²) in [6.45, 7) is 8.11. The number of ketones is 1. The van der Waals surface area contributed by atoms with Gasteiger partial charge in [-0.2, -0.15) is 0 Å². The largest absolute Gasteiger partial charge is 0.460 e. The molecule has 0 saturated heterocycles. The number of rotatable bonds is 3. The lowest BCUT2D eigenvalue weighted by Crippen LogP contribution is -2.00. The van der Waals surface area contributed by atoms with E-state index in [9.17, 15) is 9.59 Å². The van der Waals surface area contributed by atoms with Crippen molar-refractivity contribution in [2.75, 3.05) is 0 Å². The highest BCUT2D eigenvalue weighted by Crippen LogP contribution is 2.42. The predicted octanol–water partition coefficient (Wildman–Crippen LogP) is 3.64. The summed E-state index contributed by atoms with van der Waals surface area (Å²) in [4.78, 5) is 21.7. The Kier molecular flexibility index (Phi) is 5.08. The molecule has 0 N–H and O–H groups in total. The molecule has 1 aliphatic rings. The Bertz CT molecular complexity index is 437. The molecule has 1 aromatic rings. The standard InChI is InChI=1S/C13H14O3.C2H6/c1-8-5-13(16-7-14)12-6-10(9(2)15)3-4-11(8)12;1-2/h3-4,6-8,13H,5H2,1-2H3;1-2H3. The van der Waals surface area contributed by atoms with Crippen molar-refractivity contribution in [1.82, 2.24) is 0 Å². The average Bonchev–Trinajstić information content (AvgIpc) is 2.69. The Labute approximate surface area is 108 Å². The Hall–Kier alpha value is -1.64. The number of Topliss-reactive ketones (excluding diaryl/α,β-unsaturated/α-hetero) is 1. The topological polar surface area (TPSA) is 43.4 Å². The minimum absolute atomic E-state index is 0.0345. The smallest absolute Gasteiger partial charge is 0.293 e. The van der Waals surface area contributed by atoms with Crippen molar-refractivity contribution in [2.24, 2.45) is 0 Å². The molecule has 0 amide bonds. The van der Waals surface area contributed by atoms with Gasteiger partial charge in [0.15, 0.2) is 5.78 Å². The Balaban J connectivity index is 0.000000771. The molecule has 0 saturated carbocycles. The van der Waals surface area contributed by atoms with Gasteiger partial charge in [0, 0.05) is 5.56 Å². The van der Waals surface area contributed by atoms with Gasteiger partial charge in [-0.05, 0) is 36.5 Å². The highest BCUT2D eigenvalue weighted by atomic mass is 16.5. The van der Waals surface area contributed by atoms with Gasteiger partial charge < -0.3 is 4.74 Å². The van der Waals surface area contributed by atoms with Crippen LogP contribution in [0.5, 0.6) is 0 Å². The van der Waals surface area contributed by atoms with Gasteiger partial charge in [0.2, 0.25) is 0 Å². The van der Waals surface area contributed by atoms with Gasteiger partial charge >= 0.3 is 0 Å². The number of hydrogen-bond acceptors (Lipinski definition) is 3. The zero-order chi connectivity index (χ0) is 13.7. The molecule has 0 radical (unpaired) electrons. The molecule has 3 heteroatoms. The Morgan fingerprint density at radius 3 is 2.56 bits per heavy atom. The number of carbonyl (C=O) groups excluding carboxylic acids is 2. The van der Waals surface area contributed by atoms with Crippen LogP contribution in [0, 0.1) is 0 Å². The minimum atomic E-state index is -0.193. The summed E-state index contributed by atoms with van der Waals surface area (Å²) in [5, 5.41) is 0. The van der Waals surface area contributed by atoms with Crippen LogP contribution in [0.2, 0.25) is 0 Å². The monoisotopic (exact) mass is 248 g/mol. The molecule has 1 aromatic carbocycles. The summed E-state index contributed by atoms with van der Waals surface area (Å²) < 4.78 is 5.04. The lowest BCUT2D eigenvalue weighted by atomic mass is 10.0. The van der Waals surface area contributed by atoms with Crippen LogP contribution < -0.4 is 0 Å². The molecular formula is C15H20O3. The molecule has 0 fully saturated rings. The van der Waals surface area contributed by atoms with Crippen LogP contribution in [0.15, 0.2) is 18.2 Å². The normalized spacial score (nSPS) is 20.4.